The van der Waals surface area contributed by atoms with E-state index in [4.69, 9.17) is 4.74 Å². The van der Waals surface area contributed by atoms with Gasteiger partial charge in [0.25, 0.3) is 5.69 Å². The van der Waals surface area contributed by atoms with E-state index in [9.17, 15) is 14.9 Å². The molecule has 2 rings (SSSR count). The molecule has 1 amide bonds. The van der Waals surface area contributed by atoms with Gasteiger partial charge in [-0.2, -0.15) is 0 Å². The van der Waals surface area contributed by atoms with Gasteiger partial charge in [-0.3, -0.25) is 14.9 Å². The second kappa shape index (κ2) is 7.22. The van der Waals surface area contributed by atoms with E-state index in [1.165, 1.54) is 18.2 Å². The predicted octanol–water partition coefficient (Wildman–Crippen LogP) is 3.56. The van der Waals surface area contributed by atoms with E-state index in [-0.39, 0.29) is 11.4 Å². The topological polar surface area (TPSA) is 81.5 Å². The molecule has 118 valence electrons. The fourth-order valence-corrected chi connectivity index (χ4v) is 1.96. The molecule has 0 saturated carbocycles. The summed E-state index contributed by atoms with van der Waals surface area (Å²) in [5.74, 6) is 0.287. The van der Waals surface area contributed by atoms with Gasteiger partial charge in [0, 0.05) is 12.1 Å². The van der Waals surface area contributed by atoms with E-state index < -0.39 is 10.8 Å². The summed E-state index contributed by atoms with van der Waals surface area (Å²) in [4.78, 5) is 22.4. The number of anilines is 1. The summed E-state index contributed by atoms with van der Waals surface area (Å²) in [7, 11) is 1.58. The van der Waals surface area contributed by atoms with Gasteiger partial charge in [-0.15, -0.1) is 0 Å². The quantitative estimate of drug-likeness (QED) is 0.520. The van der Waals surface area contributed by atoms with Crippen molar-refractivity contribution in [3.8, 4) is 5.75 Å². The second-order valence-electron chi connectivity index (χ2n) is 4.87. The van der Waals surface area contributed by atoms with Gasteiger partial charge in [-0.05, 0) is 42.3 Å². The molecular weight excluding hydrogens is 296 g/mol. The zero-order chi connectivity index (χ0) is 16.8. The maximum absolute atomic E-state index is 11.9. The Morgan fingerprint density at radius 2 is 1.91 bits per heavy atom. The van der Waals surface area contributed by atoms with Crippen LogP contribution < -0.4 is 10.1 Å². The number of carbonyl (C=O) groups is 1. The maximum atomic E-state index is 11.9. The summed E-state index contributed by atoms with van der Waals surface area (Å²) in [6, 6.07) is 11.8. The van der Waals surface area contributed by atoms with E-state index >= 15 is 0 Å². The lowest BCUT2D eigenvalue weighted by atomic mass is 10.2. The van der Waals surface area contributed by atoms with Crippen molar-refractivity contribution in [2.24, 2.45) is 0 Å². The van der Waals surface area contributed by atoms with Gasteiger partial charge in [-0.25, -0.2) is 0 Å². The molecule has 0 aliphatic rings. The molecule has 0 atom stereocenters. The largest absolute Gasteiger partial charge is 0.497 e. The van der Waals surface area contributed by atoms with Crippen molar-refractivity contribution in [2.45, 2.75) is 6.92 Å². The van der Waals surface area contributed by atoms with Gasteiger partial charge >= 0.3 is 0 Å². The van der Waals surface area contributed by atoms with Gasteiger partial charge in [0.2, 0.25) is 5.91 Å². The third-order valence-corrected chi connectivity index (χ3v) is 3.15. The van der Waals surface area contributed by atoms with Crippen LogP contribution in [-0.4, -0.2) is 17.9 Å². The van der Waals surface area contributed by atoms with Crippen molar-refractivity contribution in [1.82, 2.24) is 0 Å². The van der Waals surface area contributed by atoms with Crippen molar-refractivity contribution in [3.63, 3.8) is 0 Å². The van der Waals surface area contributed by atoms with E-state index in [2.05, 4.69) is 5.32 Å². The number of aryl methyl sites for hydroxylation is 1. The average molecular weight is 312 g/mol. The highest BCUT2D eigenvalue weighted by Gasteiger charge is 2.14. The number of nitro benzene ring substituents is 1. The van der Waals surface area contributed by atoms with Crippen LogP contribution in [0.5, 0.6) is 5.75 Å². The minimum atomic E-state index is -0.518. The molecule has 0 saturated heterocycles. The molecule has 6 heteroatoms. The van der Waals surface area contributed by atoms with Crippen LogP contribution in [0.25, 0.3) is 6.08 Å². The van der Waals surface area contributed by atoms with Gasteiger partial charge in [-0.1, -0.05) is 18.2 Å². The maximum Gasteiger partial charge on any atom is 0.293 e. The number of nitro groups is 1. The second-order valence-corrected chi connectivity index (χ2v) is 4.87. The SMILES string of the molecule is COc1ccc(C=CC(=O)Nc2ccc(C)cc2[N+](=O)[O-])cc1. The van der Waals surface area contributed by atoms with Crippen LogP contribution in [0, 0.1) is 17.0 Å². The zero-order valence-corrected chi connectivity index (χ0v) is 12.8. The summed E-state index contributed by atoms with van der Waals surface area (Å²) in [5.41, 5.74) is 1.61. The molecule has 0 spiro atoms. The molecular formula is C17H16N2O4. The number of rotatable bonds is 5. The van der Waals surface area contributed by atoms with Crippen molar-refractivity contribution in [1.29, 1.82) is 0 Å². The molecule has 0 unspecified atom stereocenters. The van der Waals surface area contributed by atoms with Crippen LogP contribution >= 0.6 is 0 Å². The first-order valence-corrected chi connectivity index (χ1v) is 6.88. The summed E-state index contributed by atoms with van der Waals surface area (Å²) in [5, 5.41) is 13.5. The smallest absolute Gasteiger partial charge is 0.293 e. The van der Waals surface area contributed by atoms with Crippen LogP contribution in [0.2, 0.25) is 0 Å². The number of amides is 1. The molecule has 6 nitrogen and oxygen atoms in total. The minimum absolute atomic E-state index is 0.129. The molecule has 1 N–H and O–H groups in total. The van der Waals surface area contributed by atoms with Crippen LogP contribution in [0.4, 0.5) is 11.4 Å². The Hall–Kier alpha value is -3.15. The summed E-state index contributed by atoms with van der Waals surface area (Å²) in [6.07, 6.45) is 2.94. The van der Waals surface area contributed by atoms with Gasteiger partial charge in [0.05, 0.1) is 12.0 Å². The van der Waals surface area contributed by atoms with Gasteiger partial charge in [0.1, 0.15) is 11.4 Å². The molecule has 0 heterocycles. The molecule has 0 aromatic heterocycles. The first-order valence-electron chi connectivity index (χ1n) is 6.88. The van der Waals surface area contributed by atoms with Crippen molar-refractivity contribution in [2.75, 3.05) is 12.4 Å². The highest BCUT2D eigenvalue weighted by Crippen LogP contribution is 2.25. The predicted molar refractivity (Wildman–Crippen MR) is 88.5 cm³/mol. The third kappa shape index (κ3) is 4.41. The lowest BCUT2D eigenvalue weighted by Gasteiger charge is -2.04. The number of nitrogens with one attached hydrogen (secondary N) is 1. The molecule has 0 radical (unpaired) electrons. The Bertz CT molecular complexity index is 752. The van der Waals surface area contributed by atoms with E-state index in [0.29, 0.717) is 0 Å². The number of benzene rings is 2. The number of carbonyl (C=O) groups excluding carboxylic acids is 1. The molecule has 23 heavy (non-hydrogen) atoms. The zero-order valence-electron chi connectivity index (χ0n) is 12.8. The highest BCUT2D eigenvalue weighted by molar-refractivity contribution is 6.03. The van der Waals surface area contributed by atoms with Crippen molar-refractivity contribution < 1.29 is 14.5 Å². The summed E-state index contributed by atoms with van der Waals surface area (Å²) in [6.45, 7) is 1.75. The lowest BCUT2D eigenvalue weighted by molar-refractivity contribution is -0.384. The molecule has 0 bridgehead atoms. The Labute approximate surface area is 133 Å². The Balaban J connectivity index is 2.10. The minimum Gasteiger partial charge on any atom is -0.497 e. The summed E-state index contributed by atoms with van der Waals surface area (Å²) >= 11 is 0. The number of hydrogen-bond acceptors (Lipinski definition) is 4. The normalized spacial score (nSPS) is 10.5. The van der Waals surface area contributed by atoms with Crippen LogP contribution in [0.3, 0.4) is 0 Å². The van der Waals surface area contributed by atoms with E-state index in [0.717, 1.165) is 16.9 Å². The molecule has 0 aliphatic heterocycles. The molecule has 0 aliphatic carbocycles. The van der Waals surface area contributed by atoms with Gasteiger partial charge in [0.15, 0.2) is 0 Å². The lowest BCUT2D eigenvalue weighted by Crippen LogP contribution is -2.09. The summed E-state index contributed by atoms with van der Waals surface area (Å²) < 4.78 is 5.05. The molecule has 0 fully saturated rings. The van der Waals surface area contributed by atoms with E-state index in [1.807, 2.05) is 0 Å². The average Bonchev–Trinajstić information content (AvgIpc) is 2.55. The van der Waals surface area contributed by atoms with Crippen molar-refractivity contribution in [3.05, 3.63) is 69.8 Å². The van der Waals surface area contributed by atoms with E-state index in [1.54, 1.807) is 50.4 Å². The fourth-order valence-electron chi connectivity index (χ4n) is 1.96. The number of methoxy groups -OCH3 is 1. The third-order valence-electron chi connectivity index (χ3n) is 3.15. The fraction of sp³-hybridized carbons (Fsp3) is 0.118. The first-order chi connectivity index (χ1) is 11.0. The number of ether oxygens (including phenoxy) is 1. The van der Waals surface area contributed by atoms with Crippen LogP contribution in [0.15, 0.2) is 48.5 Å². The van der Waals surface area contributed by atoms with Crippen molar-refractivity contribution >= 4 is 23.4 Å². The monoisotopic (exact) mass is 312 g/mol. The van der Waals surface area contributed by atoms with Crippen LogP contribution in [0.1, 0.15) is 11.1 Å². The number of hydrogen-bond donors (Lipinski definition) is 1. The Morgan fingerprint density at radius 1 is 1.22 bits per heavy atom. The molecule has 2 aromatic rings. The Morgan fingerprint density at radius 3 is 2.52 bits per heavy atom. The standard InChI is InChI=1S/C17H16N2O4/c1-12-3-9-15(16(11-12)19(21)22)18-17(20)10-6-13-4-7-14(23-2)8-5-13/h3-11H,1-2H3,(H,18,20). The van der Waals surface area contributed by atoms with Crippen LogP contribution in [-0.2, 0) is 4.79 Å². The molecule has 2 aromatic carbocycles. The van der Waals surface area contributed by atoms with Gasteiger partial charge < -0.3 is 10.1 Å². The Kier molecular flexibility index (Phi) is 5.09. The first kappa shape index (κ1) is 16.2. The highest BCUT2D eigenvalue weighted by atomic mass is 16.6. The number of nitrogens with zero attached hydrogens (tertiary/aromatic N) is 1.